The van der Waals surface area contributed by atoms with Gasteiger partial charge in [-0.25, -0.2) is 4.79 Å². The van der Waals surface area contributed by atoms with Crippen LogP contribution in [-0.4, -0.2) is 23.0 Å². The van der Waals surface area contributed by atoms with Crippen LogP contribution in [-0.2, 0) is 6.54 Å². The van der Waals surface area contributed by atoms with Crippen molar-refractivity contribution in [1.29, 1.82) is 0 Å². The molecule has 19 heavy (non-hydrogen) atoms. The highest BCUT2D eigenvalue weighted by Crippen LogP contribution is 2.26. The van der Waals surface area contributed by atoms with E-state index in [1.165, 1.54) is 11.6 Å². The summed E-state index contributed by atoms with van der Waals surface area (Å²) in [5.74, 6) is -0.398. The van der Waals surface area contributed by atoms with E-state index in [1.54, 1.807) is 17.4 Å². The summed E-state index contributed by atoms with van der Waals surface area (Å²) in [7, 11) is 1.99. The van der Waals surface area contributed by atoms with Crippen molar-refractivity contribution in [3.63, 3.8) is 0 Å². The Balaban J connectivity index is 2.05. The van der Waals surface area contributed by atoms with Gasteiger partial charge in [0.15, 0.2) is 0 Å². The van der Waals surface area contributed by atoms with Crippen molar-refractivity contribution in [3.05, 3.63) is 44.4 Å². The van der Waals surface area contributed by atoms with Crippen LogP contribution >= 0.6 is 27.3 Å². The number of halogens is 1. The van der Waals surface area contributed by atoms with Gasteiger partial charge in [0.05, 0.1) is 9.83 Å². The summed E-state index contributed by atoms with van der Waals surface area (Å²) in [6, 6.07) is 5.31. The summed E-state index contributed by atoms with van der Waals surface area (Å²) in [6.07, 6.45) is 0. The number of nitrogens with zero attached hydrogens (tertiary/aromatic N) is 1. The highest BCUT2D eigenvalue weighted by atomic mass is 79.9. The molecule has 2 heterocycles. The molecule has 6 heteroatoms. The van der Waals surface area contributed by atoms with Crippen LogP contribution in [0.25, 0.3) is 0 Å². The van der Waals surface area contributed by atoms with Crippen molar-refractivity contribution in [2.75, 3.05) is 7.05 Å². The molecule has 0 aromatic carbocycles. The molecule has 0 amide bonds. The molecule has 0 radical (unpaired) electrons. The molecule has 2 aromatic rings. The average Bonchev–Trinajstić information content (AvgIpc) is 2.97. The van der Waals surface area contributed by atoms with E-state index in [0.717, 1.165) is 10.3 Å². The van der Waals surface area contributed by atoms with E-state index in [9.17, 15) is 4.79 Å². The molecule has 0 aliphatic heterocycles. The van der Waals surface area contributed by atoms with E-state index in [1.807, 2.05) is 14.0 Å². The standard InChI is InChI=1S/C13H14BrNO3S/c1-8(10-3-4-11(18-10)13(16)17)15(2)6-9-5-12(14)19-7-9/h3-5,7-8H,6H2,1-2H3,(H,16,17). The van der Waals surface area contributed by atoms with Gasteiger partial charge >= 0.3 is 5.97 Å². The molecule has 0 saturated carbocycles. The minimum Gasteiger partial charge on any atom is -0.475 e. The third-order valence-corrected chi connectivity index (χ3v) is 4.52. The average molecular weight is 344 g/mol. The molecule has 1 unspecified atom stereocenters. The second-order valence-corrected chi connectivity index (χ2v) is 6.65. The first-order valence-electron chi connectivity index (χ1n) is 5.73. The van der Waals surface area contributed by atoms with Gasteiger partial charge in [-0.05, 0) is 59.0 Å². The largest absolute Gasteiger partial charge is 0.475 e. The third-order valence-electron chi connectivity index (χ3n) is 2.96. The molecule has 0 spiro atoms. The van der Waals surface area contributed by atoms with Crippen LogP contribution in [0.15, 0.2) is 31.8 Å². The van der Waals surface area contributed by atoms with Gasteiger partial charge in [0.1, 0.15) is 5.76 Å². The molecule has 0 fully saturated rings. The van der Waals surface area contributed by atoms with Crippen molar-refractivity contribution >= 4 is 33.2 Å². The van der Waals surface area contributed by atoms with E-state index in [4.69, 9.17) is 9.52 Å². The second kappa shape index (κ2) is 5.90. The first kappa shape index (κ1) is 14.3. The SMILES string of the molecule is CC(c1ccc(C(=O)O)o1)N(C)Cc1csc(Br)c1. The minimum absolute atomic E-state index is 0.0199. The molecule has 0 aliphatic rings. The van der Waals surface area contributed by atoms with Crippen molar-refractivity contribution in [3.8, 4) is 0 Å². The Hall–Kier alpha value is -1.11. The van der Waals surface area contributed by atoms with E-state index in [-0.39, 0.29) is 11.8 Å². The van der Waals surface area contributed by atoms with Gasteiger partial charge in [-0.3, -0.25) is 4.90 Å². The number of carboxylic acids is 1. The van der Waals surface area contributed by atoms with Gasteiger partial charge in [-0.15, -0.1) is 11.3 Å². The molecular weight excluding hydrogens is 330 g/mol. The summed E-state index contributed by atoms with van der Waals surface area (Å²) in [5.41, 5.74) is 1.22. The zero-order valence-corrected chi connectivity index (χ0v) is 13.0. The van der Waals surface area contributed by atoms with Crippen molar-refractivity contribution in [2.45, 2.75) is 19.5 Å². The van der Waals surface area contributed by atoms with Crippen LogP contribution in [0.4, 0.5) is 0 Å². The number of carboxylic acid groups (broad SMARTS) is 1. The smallest absolute Gasteiger partial charge is 0.371 e. The Morgan fingerprint density at radius 2 is 2.32 bits per heavy atom. The summed E-state index contributed by atoms with van der Waals surface area (Å²) < 4.78 is 6.43. The molecule has 1 atom stereocenters. The van der Waals surface area contributed by atoms with Gasteiger partial charge in [0, 0.05) is 6.54 Å². The molecular formula is C13H14BrNO3S. The lowest BCUT2D eigenvalue weighted by Gasteiger charge is -2.22. The first-order valence-corrected chi connectivity index (χ1v) is 7.41. The monoisotopic (exact) mass is 343 g/mol. The van der Waals surface area contributed by atoms with Gasteiger partial charge < -0.3 is 9.52 Å². The molecule has 2 rings (SSSR count). The predicted molar refractivity (Wildman–Crippen MR) is 77.6 cm³/mol. The quantitative estimate of drug-likeness (QED) is 0.891. The van der Waals surface area contributed by atoms with Crippen LogP contribution in [0.1, 0.15) is 34.8 Å². The number of aromatic carboxylic acids is 1. The zero-order chi connectivity index (χ0) is 14.0. The fraction of sp³-hybridized carbons (Fsp3) is 0.308. The maximum absolute atomic E-state index is 10.8. The van der Waals surface area contributed by atoms with Gasteiger partial charge in [0.2, 0.25) is 5.76 Å². The number of rotatable bonds is 5. The Morgan fingerprint density at radius 3 is 2.84 bits per heavy atom. The number of hydrogen-bond acceptors (Lipinski definition) is 4. The number of furan rings is 1. The Kier molecular flexibility index (Phi) is 4.44. The van der Waals surface area contributed by atoms with Crippen LogP contribution in [0.3, 0.4) is 0 Å². The summed E-state index contributed by atoms with van der Waals surface area (Å²) in [6.45, 7) is 2.78. The molecule has 0 bridgehead atoms. The fourth-order valence-electron chi connectivity index (χ4n) is 1.76. The van der Waals surface area contributed by atoms with E-state index in [2.05, 4.69) is 32.3 Å². The third kappa shape index (κ3) is 3.46. The topological polar surface area (TPSA) is 53.7 Å². The zero-order valence-electron chi connectivity index (χ0n) is 10.6. The number of hydrogen-bond donors (Lipinski definition) is 1. The van der Waals surface area contributed by atoms with E-state index >= 15 is 0 Å². The van der Waals surface area contributed by atoms with Gasteiger partial charge in [-0.1, -0.05) is 0 Å². The van der Waals surface area contributed by atoms with E-state index < -0.39 is 5.97 Å². The Bertz CT molecular complexity index is 578. The minimum atomic E-state index is -1.04. The number of carbonyl (C=O) groups is 1. The summed E-state index contributed by atoms with van der Waals surface area (Å²) in [5, 5.41) is 10.9. The molecule has 1 N–H and O–H groups in total. The van der Waals surface area contributed by atoms with Gasteiger partial charge in [-0.2, -0.15) is 0 Å². The van der Waals surface area contributed by atoms with Crippen molar-refractivity contribution in [1.82, 2.24) is 4.90 Å². The molecule has 102 valence electrons. The highest BCUT2D eigenvalue weighted by molar-refractivity contribution is 9.11. The molecule has 4 nitrogen and oxygen atoms in total. The lowest BCUT2D eigenvalue weighted by molar-refractivity contribution is 0.0656. The first-order chi connectivity index (χ1) is 8.97. The van der Waals surface area contributed by atoms with E-state index in [0.29, 0.717) is 5.76 Å². The Morgan fingerprint density at radius 1 is 1.58 bits per heavy atom. The Labute approximate surface area is 123 Å². The molecule has 0 aliphatic carbocycles. The lowest BCUT2D eigenvalue weighted by Crippen LogP contribution is -2.21. The summed E-state index contributed by atoms with van der Waals surface area (Å²) in [4.78, 5) is 12.9. The van der Waals surface area contributed by atoms with Gasteiger partial charge in [0.25, 0.3) is 0 Å². The van der Waals surface area contributed by atoms with Crippen LogP contribution in [0.5, 0.6) is 0 Å². The summed E-state index contributed by atoms with van der Waals surface area (Å²) >= 11 is 5.09. The van der Waals surface area contributed by atoms with Crippen LogP contribution < -0.4 is 0 Å². The maximum atomic E-state index is 10.8. The molecule has 2 aromatic heterocycles. The fourth-order valence-corrected chi connectivity index (χ4v) is 2.96. The lowest BCUT2D eigenvalue weighted by atomic mass is 10.2. The maximum Gasteiger partial charge on any atom is 0.371 e. The number of thiophene rings is 1. The van der Waals surface area contributed by atoms with Crippen LogP contribution in [0.2, 0.25) is 0 Å². The molecule has 0 saturated heterocycles. The normalized spacial score (nSPS) is 12.8. The van der Waals surface area contributed by atoms with Crippen molar-refractivity contribution in [2.24, 2.45) is 0 Å². The highest BCUT2D eigenvalue weighted by Gasteiger charge is 2.18. The van der Waals surface area contributed by atoms with Crippen molar-refractivity contribution < 1.29 is 14.3 Å². The predicted octanol–water partition coefficient (Wildman–Crippen LogP) is 3.99. The van der Waals surface area contributed by atoms with Crippen LogP contribution in [0, 0.1) is 0 Å². The second-order valence-electron chi connectivity index (χ2n) is 4.36.